The van der Waals surface area contributed by atoms with Gasteiger partial charge in [-0.25, -0.2) is 9.97 Å². The molecule has 0 spiro atoms. The maximum absolute atomic E-state index is 14.1. The standard InChI is InChI=1S/C92H142N4O7/c1-6-11-16-21-26-31-36-41-46-51-66-99-82-62-58-76-71-80(57-56-77(76)72-82)91(97)95-96-92(98)81-59-63-83-84(73-81)94-90(79-61-65-86(101-68-53-48-43-38-33-28-23-18-13-8-3)88(75-79)103-70-55-50-45-40-35-30-25-20-15-10-5)89(93-83)78-60-64-85(100-67-52-47-42-37-32-27-22-17-12-7-2)87(74-78)102-69-54-49-44-39-34-29-24-19-14-9-4/h56-65,71-75H,6-55,66-70H2,1-5H3,(H,95,97)(H,96,98). The van der Waals surface area contributed by atoms with E-state index in [0.717, 1.165) is 96.9 Å². The summed E-state index contributed by atoms with van der Waals surface area (Å²) in [7, 11) is 0. The number of carbonyl (C=O) groups excluding carboxylic acids is 2. The molecule has 0 bridgehead atoms. The minimum absolute atomic E-state index is 0.326. The summed E-state index contributed by atoms with van der Waals surface area (Å²) in [6.07, 6.45) is 63.0. The third-order valence-corrected chi connectivity index (χ3v) is 20.5. The van der Waals surface area contributed by atoms with Crippen LogP contribution in [-0.4, -0.2) is 54.8 Å². The zero-order valence-corrected chi connectivity index (χ0v) is 65.8. The molecule has 6 rings (SSSR count). The summed E-state index contributed by atoms with van der Waals surface area (Å²) >= 11 is 0. The Kier molecular flexibility index (Phi) is 46.6. The van der Waals surface area contributed by atoms with Crippen molar-refractivity contribution in [1.29, 1.82) is 0 Å². The number of rotatable bonds is 64. The van der Waals surface area contributed by atoms with Gasteiger partial charge in [-0.15, -0.1) is 0 Å². The number of fused-ring (bicyclic) bond motifs is 2. The largest absolute Gasteiger partial charge is 0.494 e. The topological polar surface area (TPSA) is 130 Å². The number of amides is 2. The van der Waals surface area contributed by atoms with E-state index in [9.17, 15) is 9.59 Å². The fourth-order valence-corrected chi connectivity index (χ4v) is 14.0. The molecule has 1 heterocycles. The van der Waals surface area contributed by atoms with Gasteiger partial charge in [-0.1, -0.05) is 336 Å². The number of hydrogen-bond acceptors (Lipinski definition) is 9. The lowest BCUT2D eigenvalue weighted by atomic mass is 10.0. The summed E-state index contributed by atoms with van der Waals surface area (Å²) in [4.78, 5) is 38.7. The minimum Gasteiger partial charge on any atom is -0.494 e. The van der Waals surface area contributed by atoms with Crippen LogP contribution in [0.1, 0.15) is 376 Å². The summed E-state index contributed by atoms with van der Waals surface area (Å²) in [5.41, 5.74) is 10.2. The molecule has 572 valence electrons. The quantitative estimate of drug-likeness (QED) is 0.0283. The number of nitrogens with one attached hydrogen (secondary N) is 2. The monoisotopic (exact) mass is 1420 g/mol. The second-order valence-electron chi connectivity index (χ2n) is 29.7. The minimum atomic E-state index is -0.475. The first-order valence-corrected chi connectivity index (χ1v) is 42.7. The summed E-state index contributed by atoms with van der Waals surface area (Å²) in [5, 5.41) is 1.89. The van der Waals surface area contributed by atoms with Crippen LogP contribution in [0.3, 0.4) is 0 Å². The van der Waals surface area contributed by atoms with Crippen molar-refractivity contribution in [2.75, 3.05) is 33.0 Å². The predicted molar refractivity (Wildman–Crippen MR) is 436 cm³/mol. The van der Waals surface area contributed by atoms with Crippen molar-refractivity contribution in [1.82, 2.24) is 20.8 Å². The molecule has 0 aliphatic rings. The van der Waals surface area contributed by atoms with Gasteiger partial charge in [0.05, 0.1) is 55.5 Å². The lowest BCUT2D eigenvalue weighted by Gasteiger charge is -2.17. The van der Waals surface area contributed by atoms with Crippen LogP contribution < -0.4 is 34.5 Å². The van der Waals surface area contributed by atoms with Crippen molar-refractivity contribution in [3.63, 3.8) is 0 Å². The Morgan fingerprint density at radius 3 is 0.903 bits per heavy atom. The molecule has 5 aromatic carbocycles. The summed E-state index contributed by atoms with van der Waals surface area (Å²) in [6, 6.07) is 29.2. The number of nitrogens with zero attached hydrogens (tertiary/aromatic N) is 2. The van der Waals surface area contributed by atoms with Gasteiger partial charge in [-0.05, 0) is 122 Å². The summed E-state index contributed by atoms with van der Waals surface area (Å²) in [5.74, 6) is 2.79. The molecule has 0 radical (unpaired) electrons. The van der Waals surface area contributed by atoms with Crippen molar-refractivity contribution in [2.45, 2.75) is 356 Å². The van der Waals surface area contributed by atoms with E-state index in [4.69, 9.17) is 33.7 Å². The highest BCUT2D eigenvalue weighted by atomic mass is 16.5. The molecule has 0 fully saturated rings. The molecule has 103 heavy (non-hydrogen) atoms. The van der Waals surface area contributed by atoms with Crippen LogP contribution in [0.15, 0.2) is 91.0 Å². The maximum atomic E-state index is 14.1. The molecule has 11 heteroatoms. The average molecular weight is 1420 g/mol. The van der Waals surface area contributed by atoms with Gasteiger partial charge in [0.15, 0.2) is 23.0 Å². The molecular weight excluding hydrogens is 1270 g/mol. The number of carbonyl (C=O) groups is 2. The Labute approximate surface area is 626 Å². The van der Waals surface area contributed by atoms with Crippen molar-refractivity contribution in [3.8, 4) is 51.3 Å². The smallest absolute Gasteiger partial charge is 0.269 e. The lowest BCUT2D eigenvalue weighted by Crippen LogP contribution is -2.41. The van der Waals surface area contributed by atoms with Crippen LogP contribution in [0.4, 0.5) is 0 Å². The number of ether oxygens (including phenoxy) is 5. The van der Waals surface area contributed by atoms with Crippen molar-refractivity contribution >= 4 is 33.6 Å². The molecular formula is C92H142N4O7. The number of hydrogen-bond donors (Lipinski definition) is 2. The second-order valence-corrected chi connectivity index (χ2v) is 29.7. The molecule has 1 aromatic heterocycles. The molecule has 0 aliphatic carbocycles. The number of aromatic nitrogens is 2. The first-order valence-electron chi connectivity index (χ1n) is 42.7. The van der Waals surface area contributed by atoms with Gasteiger partial charge < -0.3 is 23.7 Å². The zero-order valence-electron chi connectivity index (χ0n) is 65.8. The van der Waals surface area contributed by atoms with E-state index in [0.29, 0.717) is 78.1 Å². The molecule has 0 aliphatic heterocycles. The molecule has 11 nitrogen and oxygen atoms in total. The first kappa shape index (κ1) is 85.6. The number of unbranched alkanes of at least 4 members (excludes halogenated alkanes) is 45. The van der Waals surface area contributed by atoms with Crippen LogP contribution in [0.2, 0.25) is 0 Å². The van der Waals surface area contributed by atoms with Gasteiger partial charge >= 0.3 is 0 Å². The van der Waals surface area contributed by atoms with E-state index >= 15 is 0 Å². The molecule has 0 atom stereocenters. The van der Waals surface area contributed by atoms with E-state index in [1.54, 1.807) is 18.2 Å². The van der Waals surface area contributed by atoms with E-state index in [1.807, 2.05) is 48.5 Å². The molecule has 0 saturated heterocycles. The number of hydrazine groups is 1. The van der Waals surface area contributed by atoms with Crippen LogP contribution in [0.25, 0.3) is 44.3 Å². The summed E-state index contributed by atoms with van der Waals surface area (Å²) in [6.45, 7) is 14.5. The highest BCUT2D eigenvalue weighted by Gasteiger charge is 2.21. The van der Waals surface area contributed by atoms with Crippen LogP contribution in [0, 0.1) is 0 Å². The van der Waals surface area contributed by atoms with Crippen LogP contribution >= 0.6 is 0 Å². The van der Waals surface area contributed by atoms with E-state index < -0.39 is 11.8 Å². The highest BCUT2D eigenvalue weighted by molar-refractivity contribution is 6.02. The zero-order chi connectivity index (χ0) is 72.7. The molecule has 2 N–H and O–H groups in total. The molecule has 0 saturated carbocycles. The Morgan fingerprint density at radius 2 is 0.544 bits per heavy atom. The Bertz CT molecular complexity index is 3180. The van der Waals surface area contributed by atoms with Gasteiger partial charge in [0.1, 0.15) is 5.75 Å². The Balaban J connectivity index is 1.23. The third-order valence-electron chi connectivity index (χ3n) is 20.5. The SMILES string of the molecule is CCCCCCCCCCCCOc1ccc2cc(C(=O)NNC(=O)c3ccc4nc(-c5ccc(OCCCCCCCCCCCC)c(OCCCCCCCCCCCC)c5)c(-c5ccc(OCCCCCCCCCCCC)c(OCCCCCCCCCCCC)c5)nc4c3)ccc2c1. The third kappa shape index (κ3) is 36.0. The fourth-order valence-electron chi connectivity index (χ4n) is 14.0. The van der Waals surface area contributed by atoms with Gasteiger partial charge in [0.2, 0.25) is 0 Å². The van der Waals surface area contributed by atoms with Crippen LogP contribution in [-0.2, 0) is 0 Å². The van der Waals surface area contributed by atoms with Gasteiger partial charge in [-0.2, -0.15) is 0 Å². The molecule has 0 unspecified atom stereocenters. The van der Waals surface area contributed by atoms with E-state index in [1.165, 1.54) is 263 Å². The van der Waals surface area contributed by atoms with Gasteiger partial charge in [-0.3, -0.25) is 20.4 Å². The van der Waals surface area contributed by atoms with Crippen molar-refractivity contribution < 1.29 is 33.3 Å². The normalized spacial score (nSPS) is 11.4. The molecule has 6 aromatic rings. The van der Waals surface area contributed by atoms with E-state index in [2.05, 4.69) is 69.7 Å². The predicted octanol–water partition coefficient (Wildman–Crippen LogP) is 27.7. The summed E-state index contributed by atoms with van der Waals surface area (Å²) < 4.78 is 33.0. The highest BCUT2D eigenvalue weighted by Crippen LogP contribution is 2.40. The molecule has 2 amide bonds. The van der Waals surface area contributed by atoms with Gasteiger partial charge in [0.25, 0.3) is 11.8 Å². The first-order chi connectivity index (χ1) is 50.8. The Hall–Kier alpha value is -6.36. The Morgan fingerprint density at radius 1 is 0.262 bits per heavy atom. The lowest BCUT2D eigenvalue weighted by molar-refractivity contribution is 0.0847. The van der Waals surface area contributed by atoms with Crippen molar-refractivity contribution in [2.24, 2.45) is 0 Å². The average Bonchev–Trinajstić information content (AvgIpc) is 0.770. The maximum Gasteiger partial charge on any atom is 0.269 e. The van der Waals surface area contributed by atoms with Gasteiger partial charge in [0, 0.05) is 22.3 Å². The number of benzene rings is 5. The fraction of sp³-hybridized carbons (Fsp3) is 0.652. The van der Waals surface area contributed by atoms with Crippen LogP contribution in [0.5, 0.6) is 28.7 Å². The van der Waals surface area contributed by atoms with E-state index in [-0.39, 0.29) is 0 Å². The second kappa shape index (κ2) is 56.0. The van der Waals surface area contributed by atoms with Crippen molar-refractivity contribution in [3.05, 3.63) is 102 Å².